The summed E-state index contributed by atoms with van der Waals surface area (Å²) in [6.45, 7) is 0. The number of H-pyrrole nitrogens is 1. The zero-order valence-corrected chi connectivity index (χ0v) is 14.2. The third kappa shape index (κ3) is 2.09. The van der Waals surface area contributed by atoms with Crippen molar-refractivity contribution in [3.63, 3.8) is 0 Å². The van der Waals surface area contributed by atoms with E-state index in [4.69, 9.17) is 11.6 Å². The number of nitrogens with zero attached hydrogens (tertiary/aromatic N) is 2. The van der Waals surface area contributed by atoms with Crippen molar-refractivity contribution in [1.29, 1.82) is 0 Å². The Morgan fingerprint density at radius 2 is 1.85 bits per heavy atom. The van der Waals surface area contributed by atoms with Crippen molar-refractivity contribution < 1.29 is 4.79 Å². The first-order valence-electron chi connectivity index (χ1n) is 8.21. The maximum absolute atomic E-state index is 12.9. The summed E-state index contributed by atoms with van der Waals surface area (Å²) in [5, 5.41) is 3.40. The number of nitrogens with one attached hydrogen (secondary N) is 2. The number of aromatic nitrogens is 3. The highest BCUT2D eigenvalue weighted by atomic mass is 35.5. The molecule has 1 unspecified atom stereocenters. The number of carbonyl (C=O) groups is 1. The normalized spacial score (nSPS) is 16.7. The van der Waals surface area contributed by atoms with Crippen LogP contribution in [0, 0.1) is 0 Å². The number of anilines is 1. The minimum absolute atomic E-state index is 0.160. The lowest BCUT2D eigenvalue weighted by Gasteiger charge is -2.26. The largest absolute Gasteiger partial charge is 0.311 e. The van der Waals surface area contributed by atoms with Crippen molar-refractivity contribution in [2.75, 3.05) is 5.32 Å². The lowest BCUT2D eigenvalue weighted by atomic mass is 9.87. The van der Waals surface area contributed by atoms with Gasteiger partial charge in [-0.1, -0.05) is 41.9 Å². The summed E-state index contributed by atoms with van der Waals surface area (Å²) in [5.41, 5.74) is 2.54. The first kappa shape index (κ1) is 15.2. The van der Waals surface area contributed by atoms with Crippen LogP contribution in [0.1, 0.15) is 23.5 Å². The van der Waals surface area contributed by atoms with Gasteiger partial charge in [0.2, 0.25) is 11.7 Å². The minimum Gasteiger partial charge on any atom is -0.311 e. The van der Waals surface area contributed by atoms with Crippen molar-refractivity contribution in [2.24, 2.45) is 0 Å². The third-order valence-electron chi connectivity index (χ3n) is 4.79. The molecule has 1 amide bonds. The van der Waals surface area contributed by atoms with Gasteiger partial charge in [0, 0.05) is 17.4 Å². The van der Waals surface area contributed by atoms with Crippen molar-refractivity contribution in [1.82, 2.24) is 14.4 Å². The Morgan fingerprint density at radius 1 is 1.08 bits per heavy atom. The molecule has 0 saturated carbocycles. The molecule has 26 heavy (non-hydrogen) atoms. The fourth-order valence-corrected chi connectivity index (χ4v) is 3.94. The molecule has 1 aliphatic heterocycles. The number of hydrogen-bond acceptors (Lipinski definition) is 3. The molecule has 7 heteroatoms. The van der Waals surface area contributed by atoms with Gasteiger partial charge in [0.25, 0.3) is 5.56 Å². The van der Waals surface area contributed by atoms with E-state index < -0.39 is 5.92 Å². The number of carbonyl (C=O) groups excluding carboxylic acids is 1. The molecule has 128 valence electrons. The first-order valence-corrected chi connectivity index (χ1v) is 8.59. The maximum Gasteiger partial charge on any atom is 0.258 e. The SMILES string of the molecule is O=C1CC(c2ccccc2Cl)c2c(n3c(nc4ccccc43)[nH]c2=O)N1. The third-order valence-corrected chi connectivity index (χ3v) is 5.13. The lowest BCUT2D eigenvalue weighted by molar-refractivity contribution is -0.116. The predicted molar refractivity (Wildman–Crippen MR) is 99.9 cm³/mol. The molecule has 0 radical (unpaired) electrons. The van der Waals surface area contributed by atoms with Crippen LogP contribution >= 0.6 is 11.6 Å². The molecular weight excluding hydrogens is 352 g/mol. The molecule has 0 spiro atoms. The van der Waals surface area contributed by atoms with Crippen LogP contribution in [0.5, 0.6) is 0 Å². The Labute approximate surface area is 152 Å². The molecule has 6 nitrogen and oxygen atoms in total. The number of halogens is 1. The summed E-state index contributed by atoms with van der Waals surface area (Å²) in [4.78, 5) is 32.6. The van der Waals surface area contributed by atoms with Gasteiger partial charge >= 0.3 is 0 Å². The summed E-state index contributed by atoms with van der Waals surface area (Å²) in [5.74, 6) is 0.280. The van der Waals surface area contributed by atoms with Crippen LogP contribution in [-0.4, -0.2) is 20.3 Å². The Morgan fingerprint density at radius 3 is 2.69 bits per heavy atom. The molecule has 3 heterocycles. The van der Waals surface area contributed by atoms with Gasteiger partial charge < -0.3 is 5.32 Å². The minimum atomic E-state index is -0.415. The van der Waals surface area contributed by atoms with E-state index in [1.54, 1.807) is 10.5 Å². The second-order valence-electron chi connectivity index (χ2n) is 6.30. The van der Waals surface area contributed by atoms with Crippen LogP contribution in [0.2, 0.25) is 5.02 Å². The van der Waals surface area contributed by atoms with E-state index in [2.05, 4.69) is 15.3 Å². The van der Waals surface area contributed by atoms with E-state index >= 15 is 0 Å². The number of hydrogen-bond donors (Lipinski definition) is 2. The highest BCUT2D eigenvalue weighted by Gasteiger charge is 2.33. The highest BCUT2D eigenvalue weighted by molar-refractivity contribution is 6.31. The molecular formula is C19H13ClN4O2. The van der Waals surface area contributed by atoms with Crippen LogP contribution in [-0.2, 0) is 4.79 Å². The van der Waals surface area contributed by atoms with Gasteiger partial charge in [-0.3, -0.25) is 19.0 Å². The fourth-order valence-electron chi connectivity index (χ4n) is 3.67. The van der Waals surface area contributed by atoms with Gasteiger partial charge in [-0.15, -0.1) is 0 Å². The van der Waals surface area contributed by atoms with Gasteiger partial charge in [0.1, 0.15) is 5.82 Å². The zero-order valence-electron chi connectivity index (χ0n) is 13.5. The van der Waals surface area contributed by atoms with Gasteiger partial charge in [-0.05, 0) is 23.8 Å². The van der Waals surface area contributed by atoms with E-state index in [0.29, 0.717) is 22.2 Å². The molecule has 4 aromatic rings. The number of imidazole rings is 1. The fraction of sp³-hybridized carbons (Fsp3) is 0.105. The topological polar surface area (TPSA) is 79.3 Å². The van der Waals surface area contributed by atoms with Crippen molar-refractivity contribution >= 4 is 40.1 Å². The summed E-state index contributed by atoms with van der Waals surface area (Å²) in [6.07, 6.45) is 0.165. The van der Waals surface area contributed by atoms with Crippen molar-refractivity contribution in [3.05, 3.63) is 75.0 Å². The quantitative estimate of drug-likeness (QED) is 0.544. The van der Waals surface area contributed by atoms with Crippen molar-refractivity contribution in [2.45, 2.75) is 12.3 Å². The Balaban J connectivity index is 1.89. The molecule has 2 aromatic heterocycles. The predicted octanol–water partition coefficient (Wildman–Crippen LogP) is 3.30. The first-order chi connectivity index (χ1) is 12.6. The Bertz CT molecular complexity index is 1260. The number of amides is 1. The smallest absolute Gasteiger partial charge is 0.258 e. The standard InChI is InChI=1S/C19H13ClN4O2/c20-12-6-2-1-5-10(12)11-9-15(25)22-17-16(11)18(26)23-19-21-13-7-3-4-8-14(13)24(17)19/h1-8,11H,9H2,(H,22,25)(H,21,23,26). The summed E-state index contributed by atoms with van der Waals surface area (Å²) < 4.78 is 1.78. The van der Waals surface area contributed by atoms with Crippen LogP contribution in [0.4, 0.5) is 5.82 Å². The molecule has 2 aromatic carbocycles. The average molecular weight is 365 g/mol. The number of aromatic amines is 1. The Hall–Kier alpha value is -3.12. The average Bonchev–Trinajstić information content (AvgIpc) is 2.99. The molecule has 0 aliphatic carbocycles. The lowest BCUT2D eigenvalue weighted by Crippen LogP contribution is -2.32. The summed E-state index contributed by atoms with van der Waals surface area (Å²) in [6, 6.07) is 14.8. The van der Waals surface area contributed by atoms with Gasteiger partial charge in [-0.2, -0.15) is 0 Å². The monoisotopic (exact) mass is 364 g/mol. The van der Waals surface area contributed by atoms with E-state index in [-0.39, 0.29) is 17.9 Å². The van der Waals surface area contributed by atoms with E-state index in [1.807, 2.05) is 42.5 Å². The second-order valence-corrected chi connectivity index (χ2v) is 6.71. The number of rotatable bonds is 1. The van der Waals surface area contributed by atoms with Crippen LogP contribution in [0.3, 0.4) is 0 Å². The van der Waals surface area contributed by atoms with Crippen LogP contribution in [0.15, 0.2) is 53.3 Å². The van der Waals surface area contributed by atoms with Gasteiger partial charge in [0.15, 0.2) is 0 Å². The summed E-state index contributed by atoms with van der Waals surface area (Å²) >= 11 is 6.35. The molecule has 0 fully saturated rings. The molecule has 2 N–H and O–H groups in total. The van der Waals surface area contributed by atoms with Crippen molar-refractivity contribution in [3.8, 4) is 0 Å². The highest BCUT2D eigenvalue weighted by Crippen LogP contribution is 2.38. The molecule has 0 saturated heterocycles. The Kier molecular flexibility index (Phi) is 3.17. The van der Waals surface area contributed by atoms with E-state index in [0.717, 1.165) is 16.6 Å². The second kappa shape index (κ2) is 5.44. The van der Waals surface area contributed by atoms with Crippen LogP contribution < -0.4 is 10.9 Å². The molecule has 5 rings (SSSR count). The van der Waals surface area contributed by atoms with E-state index in [9.17, 15) is 9.59 Å². The van der Waals surface area contributed by atoms with Gasteiger partial charge in [0.05, 0.1) is 16.6 Å². The number of para-hydroxylation sites is 2. The van der Waals surface area contributed by atoms with Crippen LogP contribution in [0.25, 0.3) is 16.8 Å². The summed E-state index contributed by atoms with van der Waals surface area (Å²) in [7, 11) is 0. The molecule has 1 aliphatic rings. The molecule has 1 atom stereocenters. The maximum atomic E-state index is 12.9. The number of fused-ring (bicyclic) bond motifs is 5. The number of benzene rings is 2. The van der Waals surface area contributed by atoms with Gasteiger partial charge in [-0.25, -0.2) is 4.98 Å². The zero-order chi connectivity index (χ0) is 17.8. The molecule has 0 bridgehead atoms. The van der Waals surface area contributed by atoms with E-state index in [1.165, 1.54) is 0 Å².